The van der Waals surface area contributed by atoms with Crippen molar-refractivity contribution in [2.75, 3.05) is 0 Å². The fourth-order valence-electron chi connectivity index (χ4n) is 1.19. The highest BCUT2D eigenvalue weighted by Crippen LogP contribution is 2.13. The molecule has 0 aliphatic heterocycles. The molecule has 0 unspecified atom stereocenters. The van der Waals surface area contributed by atoms with Gasteiger partial charge in [0.2, 0.25) is 0 Å². The van der Waals surface area contributed by atoms with E-state index in [1.165, 1.54) is 12.5 Å². The molecule has 1 aromatic carbocycles. The van der Waals surface area contributed by atoms with Crippen LogP contribution in [0.15, 0.2) is 47.3 Å². The van der Waals surface area contributed by atoms with Crippen molar-refractivity contribution in [3.05, 3.63) is 57.6 Å². The molecular weight excluding hydrogens is 291 g/mol. The van der Waals surface area contributed by atoms with Gasteiger partial charge in [-0.2, -0.15) is 0 Å². The molecule has 0 radical (unpaired) electrons. The van der Waals surface area contributed by atoms with Crippen LogP contribution in [0.3, 0.4) is 0 Å². The molecule has 0 amide bonds. The Morgan fingerprint density at radius 2 is 2.07 bits per heavy atom. The lowest BCUT2D eigenvalue weighted by Gasteiger charge is -1.97. The Kier molecular flexibility index (Phi) is 2.67. The molecule has 1 aromatic heterocycles. The summed E-state index contributed by atoms with van der Waals surface area (Å²) in [6.45, 7) is 0. The molecule has 0 fully saturated rings. The number of hydrogen-bond acceptors (Lipinski definition) is 2. The summed E-state index contributed by atoms with van der Waals surface area (Å²) in [5, 5.41) is 0. The second kappa shape index (κ2) is 3.96. The largest absolute Gasteiger partial charge is 0.472 e. The Hall–Kier alpha value is -1.10. The van der Waals surface area contributed by atoms with Crippen LogP contribution in [0, 0.1) is 3.57 Å². The molecule has 0 saturated carbocycles. The summed E-state index contributed by atoms with van der Waals surface area (Å²) in [6, 6.07) is 9.15. The molecule has 0 aliphatic carbocycles. The molecule has 70 valence electrons. The first-order valence-corrected chi connectivity index (χ1v) is 5.18. The van der Waals surface area contributed by atoms with E-state index in [0.29, 0.717) is 11.1 Å². The monoisotopic (exact) mass is 298 g/mol. The molecule has 2 nitrogen and oxygen atoms in total. The van der Waals surface area contributed by atoms with Crippen LogP contribution in [0.1, 0.15) is 15.9 Å². The number of furan rings is 1. The Morgan fingerprint density at radius 3 is 2.71 bits per heavy atom. The van der Waals surface area contributed by atoms with Gasteiger partial charge in [0.1, 0.15) is 6.26 Å². The van der Waals surface area contributed by atoms with Gasteiger partial charge in [-0.15, -0.1) is 0 Å². The first-order chi connectivity index (χ1) is 6.77. The molecule has 14 heavy (non-hydrogen) atoms. The van der Waals surface area contributed by atoms with Crippen LogP contribution in [-0.4, -0.2) is 5.78 Å². The normalized spacial score (nSPS) is 10.1. The van der Waals surface area contributed by atoms with Crippen LogP contribution >= 0.6 is 22.6 Å². The summed E-state index contributed by atoms with van der Waals surface area (Å²) in [6.07, 6.45) is 2.96. The van der Waals surface area contributed by atoms with Crippen molar-refractivity contribution in [1.82, 2.24) is 0 Å². The van der Waals surface area contributed by atoms with E-state index in [1.54, 1.807) is 12.1 Å². The second-order valence-electron chi connectivity index (χ2n) is 2.85. The Labute approximate surface area is 95.1 Å². The Balaban J connectivity index is 2.37. The van der Waals surface area contributed by atoms with E-state index in [0.717, 1.165) is 3.57 Å². The number of carbonyl (C=O) groups is 1. The summed E-state index contributed by atoms with van der Waals surface area (Å²) in [5.41, 5.74) is 1.28. The highest BCUT2D eigenvalue weighted by molar-refractivity contribution is 14.1. The third-order valence-corrected chi connectivity index (χ3v) is 2.54. The third kappa shape index (κ3) is 1.87. The van der Waals surface area contributed by atoms with Gasteiger partial charge in [0.15, 0.2) is 5.78 Å². The molecule has 0 aliphatic rings. The van der Waals surface area contributed by atoms with Gasteiger partial charge < -0.3 is 4.42 Å². The predicted molar refractivity (Wildman–Crippen MR) is 61.3 cm³/mol. The van der Waals surface area contributed by atoms with E-state index in [-0.39, 0.29) is 5.78 Å². The summed E-state index contributed by atoms with van der Waals surface area (Å²) in [4.78, 5) is 11.8. The van der Waals surface area contributed by atoms with Crippen molar-refractivity contribution in [3.8, 4) is 0 Å². The van der Waals surface area contributed by atoms with Crippen molar-refractivity contribution in [2.45, 2.75) is 0 Å². The summed E-state index contributed by atoms with van der Waals surface area (Å²) in [7, 11) is 0. The van der Waals surface area contributed by atoms with Crippen LogP contribution in [0.4, 0.5) is 0 Å². The lowest BCUT2D eigenvalue weighted by atomic mass is 10.1. The van der Waals surface area contributed by atoms with Gasteiger partial charge in [-0.3, -0.25) is 4.79 Å². The molecule has 0 N–H and O–H groups in total. The molecule has 0 spiro atoms. The average Bonchev–Trinajstić information content (AvgIpc) is 2.69. The van der Waals surface area contributed by atoms with E-state index >= 15 is 0 Å². The molecule has 0 atom stereocenters. The Bertz CT molecular complexity index is 446. The van der Waals surface area contributed by atoms with E-state index in [9.17, 15) is 4.79 Å². The smallest absolute Gasteiger partial charge is 0.196 e. The summed E-state index contributed by atoms with van der Waals surface area (Å²) >= 11 is 2.18. The number of benzene rings is 1. The predicted octanol–water partition coefficient (Wildman–Crippen LogP) is 3.12. The van der Waals surface area contributed by atoms with Crippen LogP contribution in [0.5, 0.6) is 0 Å². The van der Waals surface area contributed by atoms with Crippen molar-refractivity contribution in [1.29, 1.82) is 0 Å². The molecular formula is C11H7IO2. The van der Waals surface area contributed by atoms with Crippen molar-refractivity contribution < 1.29 is 9.21 Å². The van der Waals surface area contributed by atoms with Gasteiger partial charge in [0.25, 0.3) is 0 Å². The summed E-state index contributed by atoms with van der Waals surface area (Å²) in [5.74, 6) is -0.00253. The number of hydrogen-bond donors (Lipinski definition) is 0. The zero-order valence-corrected chi connectivity index (χ0v) is 9.39. The summed E-state index contributed by atoms with van der Waals surface area (Å²) < 4.78 is 5.92. The van der Waals surface area contributed by atoms with E-state index in [1.807, 2.05) is 18.2 Å². The SMILES string of the molecule is O=C(c1ccoc1)c1cccc(I)c1. The van der Waals surface area contributed by atoms with Gasteiger partial charge in [0, 0.05) is 9.13 Å². The lowest BCUT2D eigenvalue weighted by molar-refractivity contribution is 0.103. The minimum absolute atomic E-state index is 0.00253. The topological polar surface area (TPSA) is 30.2 Å². The second-order valence-corrected chi connectivity index (χ2v) is 4.10. The number of ketones is 1. The third-order valence-electron chi connectivity index (χ3n) is 1.87. The van der Waals surface area contributed by atoms with E-state index < -0.39 is 0 Å². The minimum atomic E-state index is -0.00253. The van der Waals surface area contributed by atoms with Crippen molar-refractivity contribution in [3.63, 3.8) is 0 Å². The number of halogens is 1. The molecule has 2 rings (SSSR count). The average molecular weight is 298 g/mol. The lowest BCUT2D eigenvalue weighted by Crippen LogP contribution is -1.99. The van der Waals surface area contributed by atoms with Gasteiger partial charge in [-0.25, -0.2) is 0 Å². The molecule has 1 heterocycles. The van der Waals surface area contributed by atoms with Gasteiger partial charge in [-0.1, -0.05) is 12.1 Å². The maximum Gasteiger partial charge on any atom is 0.196 e. The zero-order chi connectivity index (χ0) is 9.97. The first kappa shape index (κ1) is 9.45. The maximum atomic E-state index is 11.8. The van der Waals surface area contributed by atoms with Crippen LogP contribution in [-0.2, 0) is 0 Å². The van der Waals surface area contributed by atoms with E-state index in [4.69, 9.17) is 4.42 Å². The van der Waals surface area contributed by atoms with Crippen LogP contribution < -0.4 is 0 Å². The first-order valence-electron chi connectivity index (χ1n) is 4.10. The maximum absolute atomic E-state index is 11.8. The molecule has 0 bridgehead atoms. The minimum Gasteiger partial charge on any atom is -0.472 e. The molecule has 3 heteroatoms. The van der Waals surface area contributed by atoms with Crippen molar-refractivity contribution in [2.24, 2.45) is 0 Å². The van der Waals surface area contributed by atoms with Crippen LogP contribution in [0.2, 0.25) is 0 Å². The highest BCUT2D eigenvalue weighted by Gasteiger charge is 2.09. The highest BCUT2D eigenvalue weighted by atomic mass is 127. The Morgan fingerprint density at radius 1 is 1.21 bits per heavy atom. The number of carbonyl (C=O) groups excluding carboxylic acids is 1. The fourth-order valence-corrected chi connectivity index (χ4v) is 1.73. The molecule has 2 aromatic rings. The van der Waals surface area contributed by atoms with Gasteiger partial charge >= 0.3 is 0 Å². The van der Waals surface area contributed by atoms with Crippen molar-refractivity contribution >= 4 is 28.4 Å². The zero-order valence-electron chi connectivity index (χ0n) is 7.24. The van der Waals surface area contributed by atoms with Crippen LogP contribution in [0.25, 0.3) is 0 Å². The standard InChI is InChI=1S/C11H7IO2/c12-10-3-1-2-8(6-10)11(13)9-4-5-14-7-9/h1-7H. The van der Waals surface area contributed by atoms with Gasteiger partial charge in [-0.05, 0) is 40.8 Å². The van der Waals surface area contributed by atoms with E-state index in [2.05, 4.69) is 22.6 Å². The van der Waals surface area contributed by atoms with Gasteiger partial charge in [0.05, 0.1) is 11.8 Å². The fraction of sp³-hybridized carbons (Fsp3) is 0. The quantitative estimate of drug-likeness (QED) is 0.630. The number of rotatable bonds is 2. The molecule has 0 saturated heterocycles.